The predicted molar refractivity (Wildman–Crippen MR) is 77.0 cm³/mol. The Morgan fingerprint density at radius 3 is 2.65 bits per heavy atom. The minimum atomic E-state index is 0.253. The van der Waals surface area contributed by atoms with Gasteiger partial charge in [0.1, 0.15) is 0 Å². The normalized spacial score (nSPS) is 19.9. The smallest absolute Gasteiger partial charge is 0.220 e. The molecule has 1 unspecified atom stereocenters. The fraction of sp³-hybridized carbons (Fsp3) is 0.267. The Bertz CT molecular complexity index is 667. The Morgan fingerprint density at radius 1 is 1.20 bits per heavy atom. The van der Waals surface area contributed by atoms with Crippen LogP contribution in [0.2, 0.25) is 0 Å². The summed E-state index contributed by atoms with van der Waals surface area (Å²) >= 11 is 0. The van der Waals surface area contributed by atoms with Crippen molar-refractivity contribution >= 4 is 11.7 Å². The number of anilines is 1. The lowest BCUT2D eigenvalue weighted by Gasteiger charge is -2.25. The van der Waals surface area contributed by atoms with Crippen LogP contribution in [0.25, 0.3) is 0 Å². The van der Waals surface area contributed by atoms with E-state index in [0.717, 1.165) is 23.4 Å². The summed E-state index contributed by atoms with van der Waals surface area (Å²) < 4.78 is 0. The van der Waals surface area contributed by atoms with Crippen molar-refractivity contribution in [1.82, 2.24) is 9.97 Å². The Balaban J connectivity index is 2.07. The SMILES string of the molecule is Cc1nc(N)nc2c1/C(=N/O)CC(c1ccccc1)C2. The monoisotopic (exact) mass is 268 g/mol. The van der Waals surface area contributed by atoms with E-state index in [1.807, 2.05) is 25.1 Å². The molecule has 5 heteroatoms. The predicted octanol–water partition coefficient (Wildman–Crippen LogP) is 2.28. The van der Waals surface area contributed by atoms with Crippen LogP contribution in [0.3, 0.4) is 0 Å². The van der Waals surface area contributed by atoms with Crippen LogP contribution in [-0.2, 0) is 6.42 Å². The number of aryl methyl sites for hydroxylation is 1. The molecule has 0 radical (unpaired) electrons. The summed E-state index contributed by atoms with van der Waals surface area (Å²) in [6, 6.07) is 10.2. The van der Waals surface area contributed by atoms with Gasteiger partial charge in [-0.15, -0.1) is 0 Å². The molecule has 0 bridgehead atoms. The highest BCUT2D eigenvalue weighted by atomic mass is 16.4. The van der Waals surface area contributed by atoms with Gasteiger partial charge in [0.05, 0.1) is 17.1 Å². The number of nitrogens with two attached hydrogens (primary N) is 1. The maximum Gasteiger partial charge on any atom is 0.220 e. The van der Waals surface area contributed by atoms with Crippen molar-refractivity contribution in [3.63, 3.8) is 0 Å². The van der Waals surface area contributed by atoms with Crippen molar-refractivity contribution in [3.05, 3.63) is 52.8 Å². The number of nitrogen functional groups attached to an aromatic ring is 1. The zero-order chi connectivity index (χ0) is 14.1. The summed E-state index contributed by atoms with van der Waals surface area (Å²) in [6.07, 6.45) is 1.47. The molecule has 5 nitrogen and oxygen atoms in total. The Morgan fingerprint density at radius 2 is 1.95 bits per heavy atom. The van der Waals surface area contributed by atoms with Crippen molar-refractivity contribution in [2.24, 2.45) is 5.16 Å². The van der Waals surface area contributed by atoms with E-state index in [0.29, 0.717) is 12.1 Å². The second kappa shape index (κ2) is 4.92. The largest absolute Gasteiger partial charge is 0.411 e. The van der Waals surface area contributed by atoms with E-state index in [1.54, 1.807) is 0 Å². The van der Waals surface area contributed by atoms with Gasteiger partial charge in [-0.3, -0.25) is 0 Å². The van der Waals surface area contributed by atoms with Crippen LogP contribution in [0.4, 0.5) is 5.95 Å². The van der Waals surface area contributed by atoms with Crippen molar-refractivity contribution in [2.75, 3.05) is 5.73 Å². The van der Waals surface area contributed by atoms with E-state index in [2.05, 4.69) is 27.3 Å². The lowest BCUT2D eigenvalue weighted by Crippen LogP contribution is -2.23. The highest BCUT2D eigenvalue weighted by Crippen LogP contribution is 2.33. The second-order valence-electron chi connectivity index (χ2n) is 5.05. The Kier molecular flexibility index (Phi) is 3.10. The molecule has 102 valence electrons. The van der Waals surface area contributed by atoms with Gasteiger partial charge >= 0.3 is 0 Å². The number of hydrogen-bond donors (Lipinski definition) is 2. The maximum absolute atomic E-state index is 9.30. The average molecular weight is 268 g/mol. The topological polar surface area (TPSA) is 84.4 Å². The summed E-state index contributed by atoms with van der Waals surface area (Å²) in [6.45, 7) is 1.87. The number of oxime groups is 1. The second-order valence-corrected chi connectivity index (χ2v) is 5.05. The van der Waals surface area contributed by atoms with Crippen LogP contribution in [0.1, 0.15) is 34.9 Å². The van der Waals surface area contributed by atoms with Gasteiger partial charge in [0.15, 0.2) is 0 Å². The summed E-state index contributed by atoms with van der Waals surface area (Å²) in [5.41, 5.74) is 10.1. The van der Waals surface area contributed by atoms with Crippen LogP contribution in [0, 0.1) is 6.92 Å². The fourth-order valence-corrected chi connectivity index (χ4v) is 2.87. The van der Waals surface area contributed by atoms with Gasteiger partial charge < -0.3 is 10.9 Å². The molecule has 1 aliphatic rings. The van der Waals surface area contributed by atoms with Gasteiger partial charge in [-0.1, -0.05) is 35.5 Å². The summed E-state index contributed by atoms with van der Waals surface area (Å²) in [4.78, 5) is 8.48. The molecule has 1 aromatic carbocycles. The van der Waals surface area contributed by atoms with E-state index >= 15 is 0 Å². The third kappa shape index (κ3) is 2.11. The lowest BCUT2D eigenvalue weighted by molar-refractivity contribution is 0.316. The molecule has 1 aromatic heterocycles. The molecule has 3 rings (SSSR count). The first-order valence-electron chi connectivity index (χ1n) is 6.58. The number of fused-ring (bicyclic) bond motifs is 1. The Hall–Kier alpha value is -2.43. The molecule has 0 amide bonds. The Labute approximate surface area is 117 Å². The number of rotatable bonds is 1. The van der Waals surface area contributed by atoms with E-state index in [-0.39, 0.29) is 11.9 Å². The summed E-state index contributed by atoms with van der Waals surface area (Å²) in [5.74, 6) is 0.524. The first kappa shape index (κ1) is 12.6. The quantitative estimate of drug-likeness (QED) is 0.614. The highest BCUT2D eigenvalue weighted by molar-refractivity contribution is 6.03. The van der Waals surface area contributed by atoms with Crippen molar-refractivity contribution in [3.8, 4) is 0 Å². The molecule has 0 fully saturated rings. The highest BCUT2D eigenvalue weighted by Gasteiger charge is 2.28. The molecule has 1 heterocycles. The third-order valence-corrected chi connectivity index (χ3v) is 3.74. The standard InChI is InChI=1S/C15H16N4O/c1-9-14-12(18-15(16)17-9)7-11(8-13(14)19-20)10-5-3-2-4-6-10/h2-6,11,20H,7-8H2,1H3,(H2,16,17,18)/b19-13+. The third-order valence-electron chi connectivity index (χ3n) is 3.74. The van der Waals surface area contributed by atoms with E-state index in [1.165, 1.54) is 5.56 Å². The van der Waals surface area contributed by atoms with Crippen LogP contribution in [-0.4, -0.2) is 20.9 Å². The number of aromatic nitrogens is 2. The van der Waals surface area contributed by atoms with Gasteiger partial charge in [-0.2, -0.15) is 0 Å². The molecule has 0 spiro atoms. The molecule has 2 aromatic rings. The van der Waals surface area contributed by atoms with Crippen molar-refractivity contribution in [1.29, 1.82) is 0 Å². The summed E-state index contributed by atoms with van der Waals surface area (Å²) in [7, 11) is 0. The van der Waals surface area contributed by atoms with Gasteiger partial charge in [-0.05, 0) is 24.8 Å². The first-order valence-corrected chi connectivity index (χ1v) is 6.58. The molecule has 0 aliphatic heterocycles. The zero-order valence-electron chi connectivity index (χ0n) is 11.2. The number of hydrogen-bond acceptors (Lipinski definition) is 5. The van der Waals surface area contributed by atoms with Crippen LogP contribution >= 0.6 is 0 Å². The molecular formula is C15H16N4O. The van der Waals surface area contributed by atoms with Crippen LogP contribution < -0.4 is 5.73 Å². The van der Waals surface area contributed by atoms with Crippen molar-refractivity contribution < 1.29 is 5.21 Å². The number of nitrogens with zero attached hydrogens (tertiary/aromatic N) is 3. The first-order chi connectivity index (χ1) is 9.69. The molecular weight excluding hydrogens is 252 g/mol. The van der Waals surface area contributed by atoms with Crippen LogP contribution in [0.15, 0.2) is 35.5 Å². The molecule has 0 saturated heterocycles. The van der Waals surface area contributed by atoms with Crippen LogP contribution in [0.5, 0.6) is 0 Å². The molecule has 1 atom stereocenters. The van der Waals surface area contributed by atoms with E-state index < -0.39 is 0 Å². The number of benzene rings is 1. The fourth-order valence-electron chi connectivity index (χ4n) is 2.87. The maximum atomic E-state index is 9.30. The molecule has 20 heavy (non-hydrogen) atoms. The molecule has 3 N–H and O–H groups in total. The average Bonchev–Trinajstić information content (AvgIpc) is 2.46. The van der Waals surface area contributed by atoms with Gasteiger partial charge in [-0.25, -0.2) is 9.97 Å². The minimum absolute atomic E-state index is 0.253. The van der Waals surface area contributed by atoms with Gasteiger partial charge in [0.25, 0.3) is 0 Å². The minimum Gasteiger partial charge on any atom is -0.411 e. The van der Waals surface area contributed by atoms with Gasteiger partial charge in [0, 0.05) is 12.0 Å². The van der Waals surface area contributed by atoms with E-state index in [4.69, 9.17) is 5.73 Å². The van der Waals surface area contributed by atoms with E-state index in [9.17, 15) is 5.21 Å². The summed E-state index contributed by atoms with van der Waals surface area (Å²) in [5, 5.41) is 12.7. The molecule has 0 saturated carbocycles. The van der Waals surface area contributed by atoms with Crippen molar-refractivity contribution in [2.45, 2.75) is 25.7 Å². The lowest BCUT2D eigenvalue weighted by atomic mass is 9.81. The zero-order valence-corrected chi connectivity index (χ0v) is 11.2. The molecule has 1 aliphatic carbocycles. The van der Waals surface area contributed by atoms with Gasteiger partial charge in [0.2, 0.25) is 5.95 Å².